The van der Waals surface area contributed by atoms with Crippen molar-refractivity contribution in [2.45, 2.75) is 38.8 Å². The van der Waals surface area contributed by atoms with Gasteiger partial charge in [-0.25, -0.2) is 4.98 Å². The van der Waals surface area contributed by atoms with E-state index in [1.54, 1.807) is 34.5 Å². The van der Waals surface area contributed by atoms with Crippen molar-refractivity contribution in [3.05, 3.63) is 51.2 Å². The van der Waals surface area contributed by atoms with E-state index in [0.29, 0.717) is 19.5 Å². The molecule has 1 aromatic carbocycles. The highest BCUT2D eigenvalue weighted by atomic mass is 32.1. The number of carbonyl (C=O) groups excluding carboxylic acids is 2. The van der Waals surface area contributed by atoms with E-state index in [0.717, 1.165) is 21.6 Å². The fourth-order valence-corrected chi connectivity index (χ4v) is 5.09. The van der Waals surface area contributed by atoms with Gasteiger partial charge in [-0.15, -0.1) is 22.7 Å². The molecule has 140 valence electrons. The predicted molar refractivity (Wildman–Crippen MR) is 107 cm³/mol. The maximum atomic E-state index is 12.6. The average Bonchev–Trinajstić information content (AvgIpc) is 3.31. The minimum Gasteiger partial charge on any atom is -0.453 e. The Hall–Kier alpha value is -2.25. The normalized spacial score (nSPS) is 14.8. The molecule has 0 fully saturated rings. The number of para-hydroxylation sites is 1. The van der Waals surface area contributed by atoms with Crippen LogP contribution in [0.5, 0.6) is 0 Å². The molecular formula is C20H20N2O3S2. The SMILES string of the molecule is CC(OC(=O)CCc1nc2ccccc2s1)C(=O)N1CCc2sccc2C1. The van der Waals surface area contributed by atoms with E-state index < -0.39 is 6.10 Å². The van der Waals surface area contributed by atoms with Crippen molar-refractivity contribution in [1.82, 2.24) is 9.88 Å². The molecule has 0 saturated carbocycles. The van der Waals surface area contributed by atoms with Crippen molar-refractivity contribution in [3.63, 3.8) is 0 Å². The van der Waals surface area contributed by atoms with E-state index >= 15 is 0 Å². The Morgan fingerprint density at radius 1 is 1.30 bits per heavy atom. The summed E-state index contributed by atoms with van der Waals surface area (Å²) in [5.41, 5.74) is 2.15. The number of thiophene rings is 1. The molecule has 7 heteroatoms. The number of carbonyl (C=O) groups is 2. The van der Waals surface area contributed by atoms with Crippen LogP contribution in [0.4, 0.5) is 0 Å². The molecule has 1 atom stereocenters. The lowest BCUT2D eigenvalue weighted by Gasteiger charge is -2.29. The molecule has 2 aromatic heterocycles. The van der Waals surface area contributed by atoms with Crippen molar-refractivity contribution in [2.24, 2.45) is 0 Å². The first-order chi connectivity index (χ1) is 13.1. The largest absolute Gasteiger partial charge is 0.453 e. The van der Waals surface area contributed by atoms with Gasteiger partial charge in [0.05, 0.1) is 21.6 Å². The molecule has 0 N–H and O–H groups in total. The number of thiazole rings is 1. The molecular weight excluding hydrogens is 380 g/mol. The zero-order valence-corrected chi connectivity index (χ0v) is 16.6. The smallest absolute Gasteiger partial charge is 0.306 e. The highest BCUT2D eigenvalue weighted by Crippen LogP contribution is 2.25. The first kappa shape index (κ1) is 18.1. The van der Waals surface area contributed by atoms with Gasteiger partial charge >= 0.3 is 5.97 Å². The van der Waals surface area contributed by atoms with Crippen LogP contribution in [0.15, 0.2) is 35.7 Å². The molecule has 0 aliphatic carbocycles. The topological polar surface area (TPSA) is 59.5 Å². The molecule has 1 aliphatic rings. The van der Waals surface area contributed by atoms with E-state index in [9.17, 15) is 9.59 Å². The lowest BCUT2D eigenvalue weighted by molar-refractivity contribution is -0.159. The lowest BCUT2D eigenvalue weighted by Crippen LogP contribution is -2.42. The molecule has 0 bridgehead atoms. The van der Waals surface area contributed by atoms with Crippen LogP contribution >= 0.6 is 22.7 Å². The maximum absolute atomic E-state index is 12.6. The van der Waals surface area contributed by atoms with Crippen LogP contribution in [0.1, 0.15) is 28.8 Å². The van der Waals surface area contributed by atoms with Gasteiger partial charge in [0.1, 0.15) is 0 Å². The van der Waals surface area contributed by atoms with Gasteiger partial charge in [-0.2, -0.15) is 0 Å². The summed E-state index contributed by atoms with van der Waals surface area (Å²) in [6.45, 7) is 2.94. The third-order valence-corrected chi connectivity index (χ3v) is 6.78. The Balaban J connectivity index is 1.29. The fourth-order valence-electron chi connectivity index (χ4n) is 3.24. The molecule has 3 heterocycles. The molecule has 1 amide bonds. The van der Waals surface area contributed by atoms with Crippen LogP contribution in [0.25, 0.3) is 10.2 Å². The predicted octanol–water partition coefficient (Wildman–Crippen LogP) is 3.81. The quantitative estimate of drug-likeness (QED) is 0.611. The number of ether oxygens (including phenoxy) is 1. The number of aromatic nitrogens is 1. The van der Waals surface area contributed by atoms with E-state index in [2.05, 4.69) is 16.4 Å². The molecule has 1 unspecified atom stereocenters. The van der Waals surface area contributed by atoms with Crippen LogP contribution in [-0.2, 0) is 33.7 Å². The van der Waals surface area contributed by atoms with Gasteiger partial charge in [0.15, 0.2) is 6.10 Å². The van der Waals surface area contributed by atoms with Gasteiger partial charge in [-0.1, -0.05) is 12.1 Å². The third-order valence-electron chi connectivity index (χ3n) is 4.66. The summed E-state index contributed by atoms with van der Waals surface area (Å²) in [5, 5.41) is 2.97. The average molecular weight is 401 g/mol. The molecule has 0 spiro atoms. The van der Waals surface area contributed by atoms with E-state index in [1.807, 2.05) is 24.3 Å². The van der Waals surface area contributed by atoms with Crippen molar-refractivity contribution in [2.75, 3.05) is 6.54 Å². The van der Waals surface area contributed by atoms with E-state index in [-0.39, 0.29) is 18.3 Å². The first-order valence-corrected chi connectivity index (χ1v) is 10.7. The lowest BCUT2D eigenvalue weighted by atomic mass is 10.1. The standard InChI is InChI=1S/C20H20N2O3S2/c1-13(20(24)22-10-8-16-14(12-22)9-11-26-16)25-19(23)7-6-18-21-15-4-2-3-5-17(15)27-18/h2-5,9,11,13H,6-8,10,12H2,1H3. The molecule has 0 saturated heterocycles. The summed E-state index contributed by atoms with van der Waals surface area (Å²) < 4.78 is 6.49. The van der Waals surface area contributed by atoms with Crippen LogP contribution in [0.3, 0.4) is 0 Å². The van der Waals surface area contributed by atoms with Crippen LogP contribution in [0, 0.1) is 0 Å². The Morgan fingerprint density at radius 2 is 2.15 bits per heavy atom. The number of fused-ring (bicyclic) bond motifs is 2. The summed E-state index contributed by atoms with van der Waals surface area (Å²) in [5.74, 6) is -0.483. The number of hydrogen-bond donors (Lipinski definition) is 0. The number of aryl methyl sites for hydroxylation is 1. The van der Waals surface area contributed by atoms with Gasteiger partial charge in [-0.3, -0.25) is 9.59 Å². The van der Waals surface area contributed by atoms with Gasteiger partial charge in [0.25, 0.3) is 5.91 Å². The van der Waals surface area contributed by atoms with Crippen LogP contribution in [-0.4, -0.2) is 34.4 Å². The molecule has 0 radical (unpaired) electrons. The number of nitrogens with zero attached hydrogens (tertiary/aromatic N) is 2. The number of rotatable bonds is 5. The second-order valence-electron chi connectivity index (χ2n) is 6.59. The summed E-state index contributed by atoms with van der Waals surface area (Å²) in [6, 6.07) is 9.98. The van der Waals surface area contributed by atoms with Crippen molar-refractivity contribution in [1.29, 1.82) is 0 Å². The van der Waals surface area contributed by atoms with Crippen molar-refractivity contribution >= 4 is 44.8 Å². The summed E-state index contributed by atoms with van der Waals surface area (Å²) in [4.78, 5) is 32.4. The molecule has 3 aromatic rings. The Labute approximate surface area is 165 Å². The van der Waals surface area contributed by atoms with Crippen molar-refractivity contribution < 1.29 is 14.3 Å². The van der Waals surface area contributed by atoms with E-state index in [4.69, 9.17) is 4.74 Å². The third kappa shape index (κ3) is 4.04. The first-order valence-electron chi connectivity index (χ1n) is 8.98. The van der Waals surface area contributed by atoms with Gasteiger partial charge in [0, 0.05) is 24.4 Å². The number of esters is 1. The summed E-state index contributed by atoms with van der Waals surface area (Å²) in [6.07, 6.45) is 0.873. The maximum Gasteiger partial charge on any atom is 0.306 e. The zero-order chi connectivity index (χ0) is 18.8. The monoisotopic (exact) mass is 400 g/mol. The fraction of sp³-hybridized carbons (Fsp3) is 0.350. The Kier molecular flexibility index (Phi) is 5.22. The zero-order valence-electron chi connectivity index (χ0n) is 15.0. The summed E-state index contributed by atoms with van der Waals surface area (Å²) in [7, 11) is 0. The highest BCUT2D eigenvalue weighted by Gasteiger charge is 2.27. The van der Waals surface area contributed by atoms with Gasteiger partial charge in [0.2, 0.25) is 0 Å². The minimum absolute atomic E-state index is 0.125. The highest BCUT2D eigenvalue weighted by molar-refractivity contribution is 7.18. The van der Waals surface area contributed by atoms with Crippen molar-refractivity contribution in [3.8, 4) is 0 Å². The number of benzene rings is 1. The van der Waals surface area contributed by atoms with Crippen LogP contribution < -0.4 is 0 Å². The minimum atomic E-state index is -0.756. The molecule has 27 heavy (non-hydrogen) atoms. The number of hydrogen-bond acceptors (Lipinski definition) is 6. The Bertz CT molecular complexity index is 945. The van der Waals surface area contributed by atoms with Gasteiger partial charge < -0.3 is 9.64 Å². The number of amides is 1. The molecule has 4 rings (SSSR count). The summed E-state index contributed by atoms with van der Waals surface area (Å²) >= 11 is 3.32. The van der Waals surface area contributed by atoms with Gasteiger partial charge in [-0.05, 0) is 42.5 Å². The van der Waals surface area contributed by atoms with E-state index in [1.165, 1.54) is 10.4 Å². The second kappa shape index (κ2) is 7.78. The Morgan fingerprint density at radius 3 is 3.00 bits per heavy atom. The molecule has 1 aliphatic heterocycles. The molecule has 5 nitrogen and oxygen atoms in total. The second-order valence-corrected chi connectivity index (χ2v) is 8.70. The van der Waals surface area contributed by atoms with Crippen LogP contribution in [0.2, 0.25) is 0 Å².